The number of hydrogen-bond acceptors (Lipinski definition) is 4. The predicted octanol–water partition coefficient (Wildman–Crippen LogP) is 1.52. The maximum absolute atomic E-state index is 5.30. The average molecular weight is 234 g/mol. The Balaban J connectivity index is 1.71. The largest absolute Gasteiger partial charge is 0.469 e. The molecule has 0 fully saturated rings. The van der Waals surface area contributed by atoms with Crippen molar-refractivity contribution in [2.75, 3.05) is 0 Å². The lowest BCUT2D eigenvalue weighted by molar-refractivity contribution is 0.454. The van der Waals surface area contributed by atoms with Crippen LogP contribution in [0.2, 0.25) is 0 Å². The molecule has 0 aliphatic rings. The highest BCUT2D eigenvalue weighted by atomic mass is 16.3. The van der Waals surface area contributed by atoms with Crippen LogP contribution in [0.3, 0.4) is 0 Å². The number of aryl methyl sites for hydroxylation is 2. The fourth-order valence-electron chi connectivity index (χ4n) is 1.65. The maximum Gasteiger partial charge on any atom is 0.146 e. The summed E-state index contributed by atoms with van der Waals surface area (Å²) < 4.78 is 7.22. The molecule has 17 heavy (non-hydrogen) atoms. The summed E-state index contributed by atoms with van der Waals surface area (Å²) in [6.45, 7) is 2.91. The first kappa shape index (κ1) is 11.9. The van der Waals surface area contributed by atoms with Gasteiger partial charge in [0, 0.05) is 19.5 Å². The van der Waals surface area contributed by atoms with E-state index in [0.717, 1.165) is 31.0 Å². The highest BCUT2D eigenvalue weighted by Gasteiger charge is 2.06. The Labute approximate surface area is 101 Å². The highest BCUT2D eigenvalue weighted by molar-refractivity contribution is 4.98. The molecule has 1 atom stereocenters. The van der Waals surface area contributed by atoms with Gasteiger partial charge in [0.15, 0.2) is 0 Å². The standard InChI is InChI=1S/C12H18N4O/c1-10(5-6-11-4-3-7-17-11)13-8-12-15-14-9-16(12)2/h3-4,7,9-10,13H,5-6,8H2,1-2H3. The molecule has 0 spiro atoms. The summed E-state index contributed by atoms with van der Waals surface area (Å²) in [6.07, 6.45) is 5.43. The van der Waals surface area contributed by atoms with E-state index in [4.69, 9.17) is 4.42 Å². The van der Waals surface area contributed by atoms with Crippen LogP contribution in [0, 0.1) is 0 Å². The molecule has 5 nitrogen and oxygen atoms in total. The van der Waals surface area contributed by atoms with E-state index in [-0.39, 0.29) is 0 Å². The lowest BCUT2D eigenvalue weighted by atomic mass is 10.1. The molecule has 0 aliphatic carbocycles. The van der Waals surface area contributed by atoms with Gasteiger partial charge in [-0.3, -0.25) is 0 Å². The van der Waals surface area contributed by atoms with E-state index in [9.17, 15) is 0 Å². The molecule has 1 unspecified atom stereocenters. The van der Waals surface area contributed by atoms with E-state index in [0.29, 0.717) is 6.04 Å². The normalized spacial score (nSPS) is 12.8. The lowest BCUT2D eigenvalue weighted by Crippen LogP contribution is -2.27. The van der Waals surface area contributed by atoms with Crippen LogP contribution in [0.15, 0.2) is 29.1 Å². The smallest absolute Gasteiger partial charge is 0.146 e. The monoisotopic (exact) mass is 234 g/mol. The van der Waals surface area contributed by atoms with Gasteiger partial charge in [-0.15, -0.1) is 10.2 Å². The minimum absolute atomic E-state index is 0.428. The van der Waals surface area contributed by atoms with Gasteiger partial charge in [0.25, 0.3) is 0 Å². The van der Waals surface area contributed by atoms with Crippen LogP contribution >= 0.6 is 0 Å². The number of aromatic nitrogens is 3. The molecule has 2 rings (SSSR count). The van der Waals surface area contributed by atoms with Crippen LogP contribution in [-0.4, -0.2) is 20.8 Å². The van der Waals surface area contributed by atoms with Crippen molar-refractivity contribution in [3.05, 3.63) is 36.3 Å². The van der Waals surface area contributed by atoms with Gasteiger partial charge in [-0.2, -0.15) is 0 Å². The van der Waals surface area contributed by atoms with E-state index in [1.807, 2.05) is 23.7 Å². The molecule has 2 aromatic heterocycles. The Morgan fingerprint density at radius 1 is 1.53 bits per heavy atom. The number of furan rings is 1. The second-order valence-corrected chi connectivity index (χ2v) is 4.26. The van der Waals surface area contributed by atoms with Gasteiger partial charge >= 0.3 is 0 Å². The minimum Gasteiger partial charge on any atom is -0.469 e. The predicted molar refractivity (Wildman–Crippen MR) is 64.3 cm³/mol. The van der Waals surface area contributed by atoms with Crippen LogP contribution in [0.25, 0.3) is 0 Å². The van der Waals surface area contributed by atoms with Gasteiger partial charge in [0.1, 0.15) is 17.9 Å². The third-order valence-corrected chi connectivity index (χ3v) is 2.82. The van der Waals surface area contributed by atoms with E-state index in [1.54, 1.807) is 12.6 Å². The molecule has 2 heterocycles. The molecular weight excluding hydrogens is 216 g/mol. The van der Waals surface area contributed by atoms with Crippen LogP contribution in [0.5, 0.6) is 0 Å². The Bertz CT molecular complexity index is 435. The highest BCUT2D eigenvalue weighted by Crippen LogP contribution is 2.06. The van der Waals surface area contributed by atoms with Gasteiger partial charge in [-0.05, 0) is 25.5 Å². The summed E-state index contributed by atoms with van der Waals surface area (Å²) in [6, 6.07) is 4.36. The fourth-order valence-corrected chi connectivity index (χ4v) is 1.65. The Morgan fingerprint density at radius 2 is 2.41 bits per heavy atom. The van der Waals surface area contributed by atoms with Crippen molar-refractivity contribution in [2.45, 2.75) is 32.4 Å². The number of nitrogens with zero attached hydrogens (tertiary/aromatic N) is 3. The first-order valence-corrected chi connectivity index (χ1v) is 5.84. The summed E-state index contributed by atoms with van der Waals surface area (Å²) in [5, 5.41) is 11.3. The third-order valence-electron chi connectivity index (χ3n) is 2.82. The Morgan fingerprint density at radius 3 is 3.06 bits per heavy atom. The summed E-state index contributed by atoms with van der Waals surface area (Å²) in [5.74, 6) is 1.99. The Kier molecular flexibility index (Phi) is 3.93. The summed E-state index contributed by atoms with van der Waals surface area (Å²) >= 11 is 0. The van der Waals surface area contributed by atoms with Crippen molar-refractivity contribution in [3.63, 3.8) is 0 Å². The molecule has 0 aliphatic heterocycles. The van der Waals surface area contributed by atoms with Crippen molar-refractivity contribution in [1.29, 1.82) is 0 Å². The number of rotatable bonds is 6. The molecule has 1 N–H and O–H groups in total. The second kappa shape index (κ2) is 5.63. The van der Waals surface area contributed by atoms with E-state index >= 15 is 0 Å². The number of hydrogen-bond donors (Lipinski definition) is 1. The Hall–Kier alpha value is -1.62. The van der Waals surface area contributed by atoms with Crippen molar-refractivity contribution in [1.82, 2.24) is 20.1 Å². The molecule has 2 aromatic rings. The van der Waals surface area contributed by atoms with Crippen LogP contribution in [0.4, 0.5) is 0 Å². The third kappa shape index (κ3) is 3.42. The maximum atomic E-state index is 5.30. The molecule has 92 valence electrons. The van der Waals surface area contributed by atoms with Crippen LogP contribution in [-0.2, 0) is 20.0 Å². The van der Waals surface area contributed by atoms with Gasteiger partial charge in [0.2, 0.25) is 0 Å². The molecular formula is C12H18N4O. The zero-order chi connectivity index (χ0) is 12.1. The van der Waals surface area contributed by atoms with Gasteiger partial charge < -0.3 is 14.3 Å². The topological polar surface area (TPSA) is 55.9 Å². The zero-order valence-corrected chi connectivity index (χ0v) is 10.3. The molecule has 5 heteroatoms. The summed E-state index contributed by atoms with van der Waals surface area (Å²) in [5.41, 5.74) is 0. The summed E-state index contributed by atoms with van der Waals surface area (Å²) in [4.78, 5) is 0. The molecule has 0 radical (unpaired) electrons. The summed E-state index contributed by atoms with van der Waals surface area (Å²) in [7, 11) is 1.95. The minimum atomic E-state index is 0.428. The zero-order valence-electron chi connectivity index (χ0n) is 10.3. The SMILES string of the molecule is CC(CCc1ccco1)NCc1nncn1C. The van der Waals surface area contributed by atoms with Gasteiger partial charge in [-0.25, -0.2) is 0 Å². The molecule has 0 amide bonds. The average Bonchev–Trinajstić information content (AvgIpc) is 2.95. The molecule has 0 aromatic carbocycles. The van der Waals surface area contributed by atoms with E-state index in [1.165, 1.54) is 0 Å². The van der Waals surface area contributed by atoms with E-state index < -0.39 is 0 Å². The fraction of sp³-hybridized carbons (Fsp3) is 0.500. The van der Waals surface area contributed by atoms with Crippen molar-refractivity contribution < 1.29 is 4.42 Å². The quantitative estimate of drug-likeness (QED) is 0.823. The molecule has 0 saturated heterocycles. The van der Waals surface area contributed by atoms with Crippen molar-refractivity contribution >= 4 is 0 Å². The lowest BCUT2D eigenvalue weighted by Gasteiger charge is -2.12. The van der Waals surface area contributed by atoms with Gasteiger partial charge in [-0.1, -0.05) is 0 Å². The molecule has 0 bridgehead atoms. The first-order valence-electron chi connectivity index (χ1n) is 5.84. The van der Waals surface area contributed by atoms with Crippen LogP contribution < -0.4 is 5.32 Å². The van der Waals surface area contributed by atoms with E-state index in [2.05, 4.69) is 22.4 Å². The van der Waals surface area contributed by atoms with Crippen LogP contribution in [0.1, 0.15) is 24.9 Å². The number of nitrogens with one attached hydrogen (secondary N) is 1. The molecule has 0 saturated carbocycles. The first-order chi connectivity index (χ1) is 8.25. The van der Waals surface area contributed by atoms with Crippen molar-refractivity contribution in [3.8, 4) is 0 Å². The second-order valence-electron chi connectivity index (χ2n) is 4.26. The van der Waals surface area contributed by atoms with Gasteiger partial charge in [0.05, 0.1) is 12.8 Å². The van der Waals surface area contributed by atoms with Crippen molar-refractivity contribution in [2.24, 2.45) is 7.05 Å².